The van der Waals surface area contributed by atoms with Crippen LogP contribution in [0.15, 0.2) is 29.4 Å². The molecule has 1 saturated carbocycles. The maximum Gasteiger partial charge on any atom is 0.338 e. The van der Waals surface area contributed by atoms with Crippen molar-refractivity contribution in [3.05, 3.63) is 35.7 Å². The van der Waals surface area contributed by atoms with E-state index in [2.05, 4.69) is 27.0 Å². The van der Waals surface area contributed by atoms with Gasteiger partial charge in [0.25, 0.3) is 0 Å². The van der Waals surface area contributed by atoms with E-state index < -0.39 is 0 Å². The smallest absolute Gasteiger partial charge is 0.338 e. The molecule has 2 aromatic rings. The van der Waals surface area contributed by atoms with Crippen LogP contribution < -0.4 is 5.32 Å². The van der Waals surface area contributed by atoms with Crippen molar-refractivity contribution in [2.24, 2.45) is 0 Å². The second-order valence-electron chi connectivity index (χ2n) is 6.73. The molecule has 0 bridgehead atoms. The Hall–Kier alpha value is -2.35. The number of carbonyl (C=O) groups excluding carboxylic acids is 2. The predicted molar refractivity (Wildman–Crippen MR) is 104 cm³/mol. The number of esters is 1. The number of amides is 1. The van der Waals surface area contributed by atoms with Gasteiger partial charge in [0.15, 0.2) is 5.16 Å². The van der Waals surface area contributed by atoms with Gasteiger partial charge in [0.2, 0.25) is 5.91 Å². The molecule has 1 fully saturated rings. The third kappa shape index (κ3) is 5.09. The fraction of sp³-hybridized carbons (Fsp3) is 0.474. The first kappa shape index (κ1) is 19.4. The number of carbonyl (C=O) groups is 2. The largest absolute Gasteiger partial charge is 0.459 e. The molecule has 1 aromatic carbocycles. The average Bonchev–Trinajstić information content (AvgIpc) is 3.39. The molecule has 0 atom stereocenters. The van der Waals surface area contributed by atoms with Crippen molar-refractivity contribution in [2.45, 2.75) is 57.3 Å². The minimum Gasteiger partial charge on any atom is -0.459 e. The second-order valence-corrected chi connectivity index (χ2v) is 7.67. The van der Waals surface area contributed by atoms with Crippen LogP contribution in [-0.4, -0.2) is 38.5 Å². The number of thioether (sulfide) groups is 1. The van der Waals surface area contributed by atoms with Crippen LogP contribution in [0, 0.1) is 0 Å². The van der Waals surface area contributed by atoms with Crippen LogP contribution in [0.25, 0.3) is 0 Å². The van der Waals surface area contributed by atoms with E-state index in [-0.39, 0.29) is 23.7 Å². The van der Waals surface area contributed by atoms with Gasteiger partial charge in [-0.3, -0.25) is 4.79 Å². The van der Waals surface area contributed by atoms with Crippen molar-refractivity contribution >= 4 is 29.3 Å². The standard InChI is InChI=1S/C19H24N4O3S/c1-4-23-17(13-5-6-13)21-22-19(23)27-11-16(24)20-15-9-7-14(8-10-15)18(25)26-12(2)3/h7-10,12-13H,4-6,11H2,1-3H3,(H,20,24). The fourth-order valence-electron chi connectivity index (χ4n) is 2.65. The van der Waals surface area contributed by atoms with Gasteiger partial charge < -0.3 is 14.6 Å². The maximum absolute atomic E-state index is 12.2. The molecule has 1 amide bonds. The molecule has 1 aromatic heterocycles. The topological polar surface area (TPSA) is 86.1 Å². The van der Waals surface area contributed by atoms with Crippen molar-refractivity contribution in [1.82, 2.24) is 14.8 Å². The minimum absolute atomic E-state index is 0.129. The van der Waals surface area contributed by atoms with E-state index in [1.165, 1.54) is 24.6 Å². The summed E-state index contributed by atoms with van der Waals surface area (Å²) in [5.41, 5.74) is 1.09. The third-order valence-electron chi connectivity index (χ3n) is 4.08. The van der Waals surface area contributed by atoms with Gasteiger partial charge >= 0.3 is 5.97 Å². The van der Waals surface area contributed by atoms with Crippen LogP contribution in [0.2, 0.25) is 0 Å². The lowest BCUT2D eigenvalue weighted by Crippen LogP contribution is -2.15. The molecule has 3 rings (SSSR count). The normalized spacial score (nSPS) is 13.6. The molecule has 1 N–H and O–H groups in total. The van der Waals surface area contributed by atoms with Crippen LogP contribution >= 0.6 is 11.8 Å². The first-order chi connectivity index (χ1) is 13.0. The molecule has 0 radical (unpaired) electrons. The molecule has 0 unspecified atom stereocenters. The summed E-state index contributed by atoms with van der Waals surface area (Å²) in [6.07, 6.45) is 2.17. The van der Waals surface area contributed by atoms with E-state index in [0.29, 0.717) is 17.2 Å². The Bertz CT molecular complexity index is 813. The van der Waals surface area contributed by atoms with Gasteiger partial charge in [0.05, 0.1) is 17.4 Å². The third-order valence-corrected chi connectivity index (χ3v) is 5.05. The van der Waals surface area contributed by atoms with Gasteiger partial charge in [-0.2, -0.15) is 0 Å². The van der Waals surface area contributed by atoms with E-state index in [1.54, 1.807) is 38.1 Å². The molecule has 0 saturated heterocycles. The van der Waals surface area contributed by atoms with Gasteiger partial charge in [-0.1, -0.05) is 11.8 Å². The van der Waals surface area contributed by atoms with Crippen molar-refractivity contribution in [1.29, 1.82) is 0 Å². The quantitative estimate of drug-likeness (QED) is 0.550. The summed E-state index contributed by atoms with van der Waals surface area (Å²) in [5, 5.41) is 12.1. The number of hydrogen-bond donors (Lipinski definition) is 1. The highest BCUT2D eigenvalue weighted by molar-refractivity contribution is 7.99. The van der Waals surface area contributed by atoms with Gasteiger partial charge in [-0.25, -0.2) is 4.79 Å². The van der Waals surface area contributed by atoms with Crippen LogP contribution in [0.1, 0.15) is 55.7 Å². The molecule has 27 heavy (non-hydrogen) atoms. The lowest BCUT2D eigenvalue weighted by molar-refractivity contribution is -0.113. The SMILES string of the molecule is CCn1c(SCC(=O)Nc2ccc(C(=O)OC(C)C)cc2)nnc1C1CC1. The number of nitrogens with one attached hydrogen (secondary N) is 1. The van der Waals surface area contributed by atoms with Crippen molar-refractivity contribution < 1.29 is 14.3 Å². The second kappa shape index (κ2) is 8.56. The number of anilines is 1. The van der Waals surface area contributed by atoms with Crippen LogP contribution in [0.3, 0.4) is 0 Å². The Morgan fingerprint density at radius 2 is 1.96 bits per heavy atom. The molecule has 0 aliphatic heterocycles. The molecule has 0 spiro atoms. The predicted octanol–water partition coefficient (Wildman–Crippen LogP) is 3.47. The summed E-state index contributed by atoms with van der Waals surface area (Å²) in [5.74, 6) is 1.31. The Balaban J connectivity index is 1.53. The number of ether oxygens (including phenoxy) is 1. The van der Waals surface area contributed by atoms with E-state index in [4.69, 9.17) is 4.74 Å². The van der Waals surface area contributed by atoms with E-state index in [1.807, 2.05) is 0 Å². The van der Waals surface area contributed by atoms with Gasteiger partial charge in [-0.15, -0.1) is 10.2 Å². The fourth-order valence-corrected chi connectivity index (χ4v) is 3.46. The highest BCUT2D eigenvalue weighted by Gasteiger charge is 2.30. The van der Waals surface area contributed by atoms with Crippen LogP contribution in [0.4, 0.5) is 5.69 Å². The van der Waals surface area contributed by atoms with Crippen molar-refractivity contribution in [3.8, 4) is 0 Å². The molecular formula is C19H24N4O3S. The molecule has 1 aliphatic carbocycles. The number of nitrogens with zero attached hydrogens (tertiary/aromatic N) is 3. The lowest BCUT2D eigenvalue weighted by Gasteiger charge is -2.09. The molecule has 7 nitrogen and oxygen atoms in total. The maximum atomic E-state index is 12.2. The lowest BCUT2D eigenvalue weighted by atomic mass is 10.2. The zero-order valence-corrected chi connectivity index (χ0v) is 16.6. The van der Waals surface area contributed by atoms with Crippen LogP contribution in [-0.2, 0) is 16.1 Å². The van der Waals surface area contributed by atoms with Crippen LogP contribution in [0.5, 0.6) is 0 Å². The Labute approximate surface area is 162 Å². The monoisotopic (exact) mass is 388 g/mol. The van der Waals surface area contributed by atoms with Gasteiger partial charge in [-0.05, 0) is 57.9 Å². The first-order valence-corrected chi connectivity index (χ1v) is 10.1. The molecule has 1 aliphatic rings. The van der Waals surface area contributed by atoms with Gasteiger partial charge in [0.1, 0.15) is 5.82 Å². The number of hydrogen-bond acceptors (Lipinski definition) is 6. The molecular weight excluding hydrogens is 364 g/mol. The summed E-state index contributed by atoms with van der Waals surface area (Å²) < 4.78 is 7.23. The van der Waals surface area contributed by atoms with E-state index in [0.717, 1.165) is 17.5 Å². The zero-order valence-electron chi connectivity index (χ0n) is 15.8. The molecule has 8 heteroatoms. The number of benzene rings is 1. The zero-order chi connectivity index (χ0) is 19.4. The summed E-state index contributed by atoms with van der Waals surface area (Å²) in [4.78, 5) is 24.1. The summed E-state index contributed by atoms with van der Waals surface area (Å²) in [7, 11) is 0. The van der Waals surface area contributed by atoms with Crippen molar-refractivity contribution in [3.63, 3.8) is 0 Å². The van der Waals surface area contributed by atoms with Crippen molar-refractivity contribution in [2.75, 3.05) is 11.1 Å². The highest BCUT2D eigenvalue weighted by atomic mass is 32.2. The first-order valence-electron chi connectivity index (χ1n) is 9.14. The summed E-state index contributed by atoms with van der Waals surface area (Å²) >= 11 is 1.38. The van der Waals surface area contributed by atoms with E-state index in [9.17, 15) is 9.59 Å². The summed E-state index contributed by atoms with van der Waals surface area (Å²) in [6, 6.07) is 6.67. The highest BCUT2D eigenvalue weighted by Crippen LogP contribution is 2.39. The number of aromatic nitrogens is 3. The molecule has 144 valence electrons. The van der Waals surface area contributed by atoms with E-state index >= 15 is 0 Å². The molecule has 1 heterocycles. The Morgan fingerprint density at radius 3 is 2.56 bits per heavy atom. The summed E-state index contributed by atoms with van der Waals surface area (Å²) in [6.45, 7) is 6.47. The Kier molecular flexibility index (Phi) is 6.15. The van der Waals surface area contributed by atoms with Gasteiger partial charge in [0, 0.05) is 18.2 Å². The minimum atomic E-state index is -0.371. The Morgan fingerprint density at radius 1 is 1.26 bits per heavy atom. The number of rotatable bonds is 8. The average molecular weight is 388 g/mol.